The van der Waals surface area contributed by atoms with E-state index in [1.807, 2.05) is 0 Å². The molecule has 0 saturated carbocycles. The molecule has 1 heteroatoms. The molecule has 3 aromatic carbocycles. The van der Waals surface area contributed by atoms with Gasteiger partial charge in [-0.1, -0.05) is 48.5 Å². The molecule has 1 unspecified atom stereocenters. The van der Waals surface area contributed by atoms with Gasteiger partial charge in [0.05, 0.1) is 0 Å². The highest BCUT2D eigenvalue weighted by atomic mass is 14.7. The van der Waals surface area contributed by atoms with Gasteiger partial charge in [0.25, 0.3) is 0 Å². The number of fused-ring (bicyclic) bond motifs is 1. The van der Waals surface area contributed by atoms with Crippen LogP contribution in [0.5, 0.6) is 0 Å². The quantitative estimate of drug-likeness (QED) is 0.500. The Morgan fingerprint density at radius 1 is 0.810 bits per heavy atom. The molecule has 0 spiro atoms. The van der Waals surface area contributed by atoms with E-state index in [-0.39, 0.29) is 5.92 Å². The first-order chi connectivity index (χ1) is 10.4. The summed E-state index contributed by atoms with van der Waals surface area (Å²) in [6, 6.07) is 27.8. The molecule has 0 aliphatic heterocycles. The number of hydrogen-bond acceptors (Lipinski definition) is 0. The van der Waals surface area contributed by atoms with Gasteiger partial charge in [-0.25, -0.2) is 6.07 Å². The van der Waals surface area contributed by atoms with Crippen molar-refractivity contribution in [3.8, 4) is 0 Å². The number of nitrogens with one attached hydrogen (secondary N) is 1. The second-order valence-electron chi connectivity index (χ2n) is 5.35. The molecule has 4 rings (SSSR count). The summed E-state index contributed by atoms with van der Waals surface area (Å²) in [7, 11) is 0. The molecule has 0 aliphatic rings. The van der Waals surface area contributed by atoms with Crippen LogP contribution in [-0.2, 0) is 0 Å². The molecule has 0 radical (unpaired) electrons. The number of hydrogen-bond donors (Lipinski definition) is 1. The highest BCUT2D eigenvalue weighted by Crippen LogP contribution is 2.36. The minimum atomic E-state index is 0.275. The Balaban J connectivity index is 1.95. The summed E-state index contributed by atoms with van der Waals surface area (Å²) in [5, 5.41) is 1.30. The van der Waals surface area contributed by atoms with Crippen molar-refractivity contribution in [2.24, 2.45) is 0 Å². The third-order valence-corrected chi connectivity index (χ3v) is 4.09. The zero-order chi connectivity index (χ0) is 14.1. The summed E-state index contributed by atoms with van der Waals surface area (Å²) in [4.78, 5) is 3.40. The Kier molecular flexibility index (Phi) is 2.89. The second-order valence-corrected chi connectivity index (χ2v) is 5.35. The zero-order valence-corrected chi connectivity index (χ0v) is 11.7. The fourth-order valence-electron chi connectivity index (χ4n) is 3.11. The summed E-state index contributed by atoms with van der Waals surface area (Å²) in [5.41, 5.74) is 5.20. The van der Waals surface area contributed by atoms with Crippen LogP contribution < -0.4 is 0 Å². The van der Waals surface area contributed by atoms with Crippen molar-refractivity contribution in [1.29, 1.82) is 0 Å². The predicted molar refractivity (Wildman–Crippen MR) is 87.7 cm³/mol. The van der Waals surface area contributed by atoms with E-state index in [0.29, 0.717) is 0 Å². The number of aromatic amines is 1. The van der Waals surface area contributed by atoms with Crippen LogP contribution in [0.2, 0.25) is 0 Å². The maximum atomic E-state index is 3.40. The maximum absolute atomic E-state index is 3.40. The van der Waals surface area contributed by atoms with Crippen LogP contribution in [0.25, 0.3) is 10.9 Å². The lowest BCUT2D eigenvalue weighted by Crippen LogP contribution is -2.01. The Labute approximate surface area is 124 Å². The average molecular weight is 270 g/mol. The Morgan fingerprint density at radius 3 is 2.43 bits per heavy atom. The molecular weight excluding hydrogens is 254 g/mol. The lowest BCUT2D eigenvalue weighted by molar-refractivity contribution is 0.994. The summed E-state index contributed by atoms with van der Waals surface area (Å²) in [5.74, 6) is 0.275. The number of H-pyrrole nitrogens is 1. The van der Waals surface area contributed by atoms with Crippen molar-refractivity contribution in [2.75, 3.05) is 0 Å². The molecule has 1 heterocycles. The van der Waals surface area contributed by atoms with Crippen LogP contribution in [-0.4, -0.2) is 4.98 Å². The van der Waals surface area contributed by atoms with Crippen LogP contribution in [0.3, 0.4) is 0 Å². The fraction of sp³-hybridized carbons (Fsp3) is 0.0500. The van der Waals surface area contributed by atoms with E-state index in [1.165, 1.54) is 27.6 Å². The molecule has 0 fully saturated rings. The van der Waals surface area contributed by atoms with Gasteiger partial charge in [0, 0.05) is 17.1 Å². The van der Waals surface area contributed by atoms with E-state index >= 15 is 0 Å². The topological polar surface area (TPSA) is 15.8 Å². The predicted octanol–water partition coefficient (Wildman–Crippen LogP) is 5.07. The molecular formula is C20H16N-. The molecule has 1 nitrogen and oxygen atoms in total. The first kappa shape index (κ1) is 12.1. The summed E-state index contributed by atoms with van der Waals surface area (Å²) >= 11 is 0. The number of rotatable bonds is 3. The minimum absolute atomic E-state index is 0.275. The molecule has 0 saturated heterocycles. The van der Waals surface area contributed by atoms with E-state index in [9.17, 15) is 0 Å². The Morgan fingerprint density at radius 2 is 1.62 bits per heavy atom. The maximum Gasteiger partial charge on any atom is 0.0456 e. The number of benzene rings is 2. The fourth-order valence-corrected chi connectivity index (χ4v) is 3.11. The van der Waals surface area contributed by atoms with Crippen LogP contribution in [0, 0.1) is 0 Å². The third kappa shape index (κ3) is 2.07. The summed E-state index contributed by atoms with van der Waals surface area (Å²) in [6.45, 7) is 0. The van der Waals surface area contributed by atoms with Crippen molar-refractivity contribution in [2.45, 2.75) is 5.92 Å². The first-order valence-corrected chi connectivity index (χ1v) is 7.26. The van der Waals surface area contributed by atoms with Gasteiger partial charge in [0.1, 0.15) is 0 Å². The molecule has 4 aromatic rings. The summed E-state index contributed by atoms with van der Waals surface area (Å²) in [6.07, 6.45) is 2.15. The van der Waals surface area contributed by atoms with Crippen LogP contribution >= 0.6 is 0 Å². The molecule has 21 heavy (non-hydrogen) atoms. The Bertz CT molecular complexity index is 838. The first-order valence-electron chi connectivity index (χ1n) is 7.26. The van der Waals surface area contributed by atoms with E-state index in [4.69, 9.17) is 0 Å². The van der Waals surface area contributed by atoms with Crippen LogP contribution in [0.1, 0.15) is 22.6 Å². The van der Waals surface area contributed by atoms with Gasteiger partial charge in [-0.15, -0.1) is 0 Å². The number of aromatic nitrogens is 1. The van der Waals surface area contributed by atoms with Gasteiger partial charge < -0.3 is 4.98 Å². The number of para-hydroxylation sites is 1. The van der Waals surface area contributed by atoms with Gasteiger partial charge >= 0.3 is 0 Å². The average Bonchev–Trinajstić information content (AvgIpc) is 3.20. The van der Waals surface area contributed by atoms with Crippen LogP contribution in [0.4, 0.5) is 0 Å². The van der Waals surface area contributed by atoms with Crippen LogP contribution in [0.15, 0.2) is 85.1 Å². The lowest BCUT2D eigenvalue weighted by atomic mass is 9.86. The Hall–Kier alpha value is -2.67. The monoisotopic (exact) mass is 270 g/mol. The van der Waals surface area contributed by atoms with E-state index in [1.54, 1.807) is 0 Å². The SMILES string of the molecule is c1ccc(C(c2cc[cH-]c2)c2c[nH]c3ccccc23)cc1. The summed E-state index contributed by atoms with van der Waals surface area (Å²) < 4.78 is 0. The second kappa shape index (κ2) is 5.02. The minimum Gasteiger partial charge on any atom is -0.361 e. The van der Waals surface area contributed by atoms with Gasteiger partial charge in [-0.05, 0) is 23.1 Å². The van der Waals surface area contributed by atoms with Crippen molar-refractivity contribution in [3.63, 3.8) is 0 Å². The third-order valence-electron chi connectivity index (χ3n) is 4.09. The van der Waals surface area contributed by atoms with Gasteiger partial charge in [0.15, 0.2) is 0 Å². The normalized spacial score (nSPS) is 12.6. The van der Waals surface area contributed by atoms with Crippen molar-refractivity contribution < 1.29 is 0 Å². The van der Waals surface area contributed by atoms with Gasteiger partial charge in [-0.2, -0.15) is 23.8 Å². The van der Waals surface area contributed by atoms with E-state index < -0.39 is 0 Å². The standard InChI is InChI=1S/C20H16N/c1-2-8-15(9-3-1)20(16-10-4-5-11-16)18-14-21-19-13-7-6-12-17(18)19/h1-14,20-21H/q-1. The molecule has 1 aromatic heterocycles. The largest absolute Gasteiger partial charge is 0.361 e. The van der Waals surface area contributed by atoms with Crippen molar-refractivity contribution >= 4 is 10.9 Å². The molecule has 1 N–H and O–H groups in total. The highest BCUT2D eigenvalue weighted by molar-refractivity contribution is 5.84. The van der Waals surface area contributed by atoms with Gasteiger partial charge in [0.2, 0.25) is 0 Å². The van der Waals surface area contributed by atoms with Gasteiger partial charge in [-0.3, -0.25) is 0 Å². The smallest absolute Gasteiger partial charge is 0.0456 e. The molecule has 102 valence electrons. The lowest BCUT2D eigenvalue weighted by Gasteiger charge is -2.21. The highest BCUT2D eigenvalue weighted by Gasteiger charge is 2.15. The molecule has 0 bridgehead atoms. The molecule has 1 atom stereocenters. The van der Waals surface area contributed by atoms with E-state index in [2.05, 4.69) is 90.0 Å². The molecule has 0 aliphatic carbocycles. The van der Waals surface area contributed by atoms with Crippen molar-refractivity contribution in [3.05, 3.63) is 102 Å². The molecule has 0 amide bonds. The zero-order valence-electron chi connectivity index (χ0n) is 11.7. The van der Waals surface area contributed by atoms with Crippen molar-refractivity contribution in [1.82, 2.24) is 4.98 Å². The van der Waals surface area contributed by atoms with E-state index in [0.717, 1.165) is 0 Å².